The van der Waals surface area contributed by atoms with Gasteiger partial charge in [-0.2, -0.15) is 0 Å². The molecule has 200 valence electrons. The van der Waals surface area contributed by atoms with E-state index in [0.29, 0.717) is 29.1 Å². The van der Waals surface area contributed by atoms with Gasteiger partial charge in [0.1, 0.15) is 5.82 Å². The molecule has 0 aromatic heterocycles. The molecule has 8 heteroatoms. The van der Waals surface area contributed by atoms with Crippen LogP contribution in [0.15, 0.2) is 84.1 Å². The van der Waals surface area contributed by atoms with Crippen molar-refractivity contribution in [2.75, 3.05) is 29.2 Å². The summed E-state index contributed by atoms with van der Waals surface area (Å²) < 4.78 is 13.6. The molecule has 0 radical (unpaired) electrons. The fourth-order valence-electron chi connectivity index (χ4n) is 5.44. The van der Waals surface area contributed by atoms with Crippen molar-refractivity contribution in [3.05, 3.63) is 101 Å². The van der Waals surface area contributed by atoms with Crippen LogP contribution < -0.4 is 15.1 Å². The third-order valence-corrected chi connectivity index (χ3v) is 7.38. The van der Waals surface area contributed by atoms with Crippen molar-refractivity contribution in [3.63, 3.8) is 0 Å². The summed E-state index contributed by atoms with van der Waals surface area (Å²) in [5.74, 6) is -2.03. The zero-order valence-electron chi connectivity index (χ0n) is 21.9. The van der Waals surface area contributed by atoms with Crippen LogP contribution in [0.25, 0.3) is 0 Å². The van der Waals surface area contributed by atoms with E-state index in [4.69, 9.17) is 0 Å². The van der Waals surface area contributed by atoms with Crippen LogP contribution in [-0.4, -0.2) is 36.9 Å². The number of amides is 1. The van der Waals surface area contributed by atoms with E-state index in [0.717, 1.165) is 16.8 Å². The van der Waals surface area contributed by atoms with Crippen molar-refractivity contribution >= 4 is 34.7 Å². The Kier molecular flexibility index (Phi) is 7.19. The first-order valence-corrected chi connectivity index (χ1v) is 12.9. The number of halogens is 1. The highest BCUT2D eigenvalue weighted by atomic mass is 19.1. The Labute approximate surface area is 226 Å². The van der Waals surface area contributed by atoms with Crippen molar-refractivity contribution in [1.82, 2.24) is 0 Å². The third-order valence-electron chi connectivity index (χ3n) is 7.38. The lowest BCUT2D eigenvalue weighted by Crippen LogP contribution is -2.38. The first-order valence-electron chi connectivity index (χ1n) is 12.9. The zero-order chi connectivity index (χ0) is 27.7. The lowest BCUT2D eigenvalue weighted by atomic mass is 9.78. The van der Waals surface area contributed by atoms with Gasteiger partial charge in [-0.15, -0.1) is 0 Å². The van der Waals surface area contributed by atoms with Gasteiger partial charge in [-0.25, -0.2) is 4.39 Å². The van der Waals surface area contributed by atoms with Crippen molar-refractivity contribution in [2.45, 2.75) is 37.6 Å². The number of para-hydroxylation sites is 2. The first-order chi connectivity index (χ1) is 18.7. The van der Waals surface area contributed by atoms with Crippen molar-refractivity contribution in [2.24, 2.45) is 0 Å². The number of carboxylic acid groups (broad SMARTS) is 1. The first kappa shape index (κ1) is 26.2. The molecule has 0 unspecified atom stereocenters. The predicted molar refractivity (Wildman–Crippen MR) is 148 cm³/mol. The van der Waals surface area contributed by atoms with Crippen molar-refractivity contribution in [1.29, 1.82) is 0 Å². The Morgan fingerprint density at radius 2 is 1.62 bits per heavy atom. The number of hydrogen-bond acceptors (Lipinski definition) is 5. The zero-order valence-corrected chi connectivity index (χ0v) is 21.9. The molecule has 2 atom stereocenters. The highest BCUT2D eigenvalue weighted by Gasteiger charge is 2.41. The number of Topliss-reactive ketones (excluding diaryl/α,β-unsaturated/α-hetero) is 1. The van der Waals surface area contributed by atoms with Crippen LogP contribution in [0.2, 0.25) is 0 Å². The van der Waals surface area contributed by atoms with Crippen LogP contribution in [0.3, 0.4) is 0 Å². The molecule has 3 aromatic carbocycles. The van der Waals surface area contributed by atoms with Crippen LogP contribution in [0.5, 0.6) is 0 Å². The summed E-state index contributed by atoms with van der Waals surface area (Å²) in [6.07, 6.45) is 0.199. The van der Waals surface area contributed by atoms with Gasteiger partial charge in [0.25, 0.3) is 0 Å². The molecule has 39 heavy (non-hydrogen) atoms. The van der Waals surface area contributed by atoms with Crippen LogP contribution in [0.4, 0.5) is 21.5 Å². The number of carboxylic acids is 1. The number of anilines is 3. The molecule has 0 saturated heterocycles. The van der Waals surface area contributed by atoms with E-state index in [1.165, 1.54) is 12.1 Å². The highest BCUT2D eigenvalue weighted by Crippen LogP contribution is 2.47. The minimum atomic E-state index is -1.06. The Balaban J connectivity index is 1.67. The Morgan fingerprint density at radius 3 is 2.28 bits per heavy atom. The van der Waals surface area contributed by atoms with Gasteiger partial charge in [-0.05, 0) is 59.9 Å². The lowest BCUT2D eigenvalue weighted by molar-refractivity contribution is -0.138. The smallest absolute Gasteiger partial charge is 0.303 e. The number of nitrogens with zero attached hydrogens (tertiary/aromatic N) is 2. The summed E-state index contributed by atoms with van der Waals surface area (Å²) in [7, 11) is 3.87. The molecule has 0 saturated carbocycles. The quantitative estimate of drug-likeness (QED) is 0.430. The fraction of sp³-hybridized carbons (Fsp3) is 0.258. The van der Waals surface area contributed by atoms with Gasteiger partial charge in [0.15, 0.2) is 5.78 Å². The minimum Gasteiger partial charge on any atom is -0.481 e. The molecule has 1 amide bonds. The number of hydrogen-bond donors (Lipinski definition) is 2. The van der Waals surface area contributed by atoms with Gasteiger partial charge in [0.05, 0.1) is 23.8 Å². The molecule has 3 aromatic rings. The van der Waals surface area contributed by atoms with Gasteiger partial charge in [0.2, 0.25) is 5.91 Å². The number of fused-ring (bicyclic) bond motifs is 1. The minimum absolute atomic E-state index is 0.108. The molecule has 5 rings (SSSR count). The monoisotopic (exact) mass is 527 g/mol. The van der Waals surface area contributed by atoms with Crippen molar-refractivity contribution < 1.29 is 23.9 Å². The summed E-state index contributed by atoms with van der Waals surface area (Å²) >= 11 is 0. The molecule has 1 aliphatic carbocycles. The number of carbonyl (C=O) groups is 3. The largest absolute Gasteiger partial charge is 0.481 e. The summed E-state index contributed by atoms with van der Waals surface area (Å²) in [5, 5.41) is 12.7. The number of carbonyl (C=O) groups excluding carboxylic acids is 2. The second-order valence-electron chi connectivity index (χ2n) is 10.2. The van der Waals surface area contributed by atoms with E-state index in [-0.39, 0.29) is 42.7 Å². The Hall–Kier alpha value is -4.46. The van der Waals surface area contributed by atoms with Crippen LogP contribution in [0, 0.1) is 5.82 Å². The Bertz CT molecular complexity index is 1450. The Morgan fingerprint density at radius 1 is 0.949 bits per heavy atom. The van der Waals surface area contributed by atoms with Crippen LogP contribution >= 0.6 is 0 Å². The van der Waals surface area contributed by atoms with E-state index in [1.807, 2.05) is 67.5 Å². The molecule has 2 aliphatic rings. The summed E-state index contributed by atoms with van der Waals surface area (Å²) in [6.45, 7) is 0. The molecular formula is C31H30FN3O4. The highest BCUT2D eigenvalue weighted by molar-refractivity contribution is 6.06. The fourth-order valence-corrected chi connectivity index (χ4v) is 5.44. The topological polar surface area (TPSA) is 90.0 Å². The van der Waals surface area contributed by atoms with E-state index >= 15 is 0 Å². The molecule has 7 nitrogen and oxygen atoms in total. The molecule has 0 fully saturated rings. The summed E-state index contributed by atoms with van der Waals surface area (Å²) in [4.78, 5) is 42.6. The molecule has 2 N–H and O–H groups in total. The number of allylic oxidation sites excluding steroid dienone is 1. The number of nitrogens with one attached hydrogen (secondary N) is 1. The maximum absolute atomic E-state index is 14.0. The standard InChI is InChI=1S/C31H30FN3O4/c1-34(2)23-13-9-20(10-14-23)31-30-25(17-21(18-27(30)36)19-7-11-22(32)12-8-19)33-24-5-3-4-6-26(24)35(31)28(37)15-16-29(38)39/h3-14,21,31,33H,15-18H2,1-2H3,(H,38,39)/t21-,31-/m0/s1. The van der Waals surface area contributed by atoms with Crippen LogP contribution in [-0.2, 0) is 14.4 Å². The van der Waals surface area contributed by atoms with E-state index in [2.05, 4.69) is 5.32 Å². The lowest BCUT2D eigenvalue weighted by Gasteiger charge is -2.35. The van der Waals surface area contributed by atoms with E-state index in [9.17, 15) is 23.9 Å². The number of ketones is 1. The third kappa shape index (κ3) is 5.27. The number of rotatable bonds is 6. The normalized spacial score (nSPS) is 18.5. The van der Waals surface area contributed by atoms with Gasteiger partial charge < -0.3 is 15.3 Å². The number of benzene rings is 3. The molecule has 0 bridgehead atoms. The van der Waals surface area contributed by atoms with Crippen LogP contribution in [0.1, 0.15) is 48.8 Å². The van der Waals surface area contributed by atoms with Gasteiger partial charge in [-0.1, -0.05) is 36.4 Å². The predicted octanol–water partition coefficient (Wildman–Crippen LogP) is 5.66. The molecular weight excluding hydrogens is 497 g/mol. The summed E-state index contributed by atoms with van der Waals surface area (Å²) in [5.41, 5.74) is 5.04. The summed E-state index contributed by atoms with van der Waals surface area (Å²) in [6, 6.07) is 20.5. The van der Waals surface area contributed by atoms with Gasteiger partial charge in [-0.3, -0.25) is 19.3 Å². The number of aliphatic carboxylic acids is 1. The maximum Gasteiger partial charge on any atom is 0.303 e. The van der Waals surface area contributed by atoms with Crippen molar-refractivity contribution in [3.8, 4) is 0 Å². The van der Waals surface area contributed by atoms with E-state index in [1.54, 1.807) is 17.0 Å². The van der Waals surface area contributed by atoms with Gasteiger partial charge >= 0.3 is 5.97 Å². The van der Waals surface area contributed by atoms with Gasteiger partial charge in [0, 0.05) is 43.9 Å². The van der Waals surface area contributed by atoms with E-state index < -0.39 is 12.0 Å². The molecule has 0 spiro atoms. The molecule has 1 aliphatic heterocycles. The second kappa shape index (κ2) is 10.7. The average molecular weight is 528 g/mol. The SMILES string of the molecule is CN(C)c1ccc([C@H]2C3=C(C[C@H](c4ccc(F)cc4)CC3=O)Nc3ccccc3N2C(=O)CCC(=O)O)cc1. The molecule has 1 heterocycles. The second-order valence-corrected chi connectivity index (χ2v) is 10.2. The maximum atomic E-state index is 14.0. The average Bonchev–Trinajstić information content (AvgIpc) is 3.07.